The van der Waals surface area contributed by atoms with Crippen LogP contribution in [0.3, 0.4) is 0 Å². The number of aromatic nitrogens is 4. The number of nitrogens with one attached hydrogen (secondary N) is 2. The lowest BCUT2D eigenvalue weighted by Gasteiger charge is -2.24. The van der Waals surface area contributed by atoms with Crippen molar-refractivity contribution in [3.05, 3.63) is 51.7 Å². The Labute approximate surface area is 178 Å². The van der Waals surface area contributed by atoms with Crippen molar-refractivity contribution >= 4 is 27.6 Å². The number of benzene rings is 2. The third kappa shape index (κ3) is 3.17. The fourth-order valence-electron chi connectivity index (χ4n) is 5.11. The van der Waals surface area contributed by atoms with Crippen molar-refractivity contribution < 1.29 is 0 Å². The minimum atomic E-state index is -0.0178. The quantitative estimate of drug-likeness (QED) is 0.394. The first-order chi connectivity index (χ1) is 13.9. The van der Waals surface area contributed by atoms with E-state index in [0.29, 0.717) is 5.82 Å². The summed E-state index contributed by atoms with van der Waals surface area (Å²) in [5.74, 6) is 0.570. The van der Waals surface area contributed by atoms with Gasteiger partial charge < -0.3 is 5.73 Å². The van der Waals surface area contributed by atoms with E-state index in [1.807, 2.05) is 0 Å². The molecule has 2 aromatic heterocycles. The van der Waals surface area contributed by atoms with E-state index >= 15 is 0 Å². The second-order valence-electron chi connectivity index (χ2n) is 10.6. The van der Waals surface area contributed by atoms with Gasteiger partial charge in [-0.3, -0.25) is 10.2 Å². The maximum absolute atomic E-state index is 6.31. The lowest BCUT2D eigenvalue weighted by Crippen LogP contribution is -2.15. The number of nitrogens with two attached hydrogens (primary N) is 1. The summed E-state index contributed by atoms with van der Waals surface area (Å²) < 4.78 is 0. The summed E-state index contributed by atoms with van der Waals surface area (Å²) in [6.07, 6.45) is 0.742. The molecule has 0 aliphatic rings. The largest absolute Gasteiger partial charge is 0.382 e. The number of nitrogens with zero attached hydrogens (tertiary/aromatic N) is 2. The molecule has 0 fully saturated rings. The Morgan fingerprint density at radius 1 is 0.833 bits per heavy atom. The Balaban J connectivity index is 1.96. The molecular formula is C25H33N5. The van der Waals surface area contributed by atoms with Gasteiger partial charge in [0, 0.05) is 22.9 Å². The van der Waals surface area contributed by atoms with Crippen LogP contribution < -0.4 is 5.73 Å². The van der Waals surface area contributed by atoms with Gasteiger partial charge in [0.15, 0.2) is 5.82 Å². The lowest BCUT2D eigenvalue weighted by atomic mass is 9.79. The van der Waals surface area contributed by atoms with Crippen molar-refractivity contribution in [2.24, 2.45) is 0 Å². The molecule has 0 aliphatic carbocycles. The third-order valence-electron chi connectivity index (χ3n) is 6.02. The summed E-state index contributed by atoms with van der Waals surface area (Å²) >= 11 is 0. The summed E-state index contributed by atoms with van der Waals surface area (Å²) in [6.45, 7) is 17.8. The van der Waals surface area contributed by atoms with Crippen LogP contribution in [0.15, 0.2) is 18.2 Å². The average Bonchev–Trinajstić information content (AvgIpc) is 3.17. The van der Waals surface area contributed by atoms with E-state index in [-0.39, 0.29) is 10.8 Å². The molecule has 30 heavy (non-hydrogen) atoms. The van der Waals surface area contributed by atoms with Gasteiger partial charge in [0.1, 0.15) is 0 Å². The van der Waals surface area contributed by atoms with Crippen LogP contribution in [0.5, 0.6) is 0 Å². The monoisotopic (exact) mass is 403 g/mol. The van der Waals surface area contributed by atoms with Gasteiger partial charge in [0.2, 0.25) is 0 Å². The highest BCUT2D eigenvalue weighted by Crippen LogP contribution is 2.39. The molecule has 0 aliphatic heterocycles. The van der Waals surface area contributed by atoms with Crippen molar-refractivity contribution in [2.75, 3.05) is 5.73 Å². The first kappa shape index (κ1) is 20.5. The third-order valence-corrected chi connectivity index (χ3v) is 6.02. The number of aryl methyl sites for hydroxylation is 2. The van der Waals surface area contributed by atoms with E-state index in [1.54, 1.807) is 0 Å². The molecule has 0 saturated heterocycles. The molecule has 4 aromatic rings. The van der Waals surface area contributed by atoms with Gasteiger partial charge in [0.25, 0.3) is 0 Å². The summed E-state index contributed by atoms with van der Waals surface area (Å²) in [6, 6.07) is 6.56. The predicted molar refractivity (Wildman–Crippen MR) is 126 cm³/mol. The van der Waals surface area contributed by atoms with Crippen LogP contribution in [0, 0.1) is 13.8 Å². The molecular weight excluding hydrogens is 370 g/mol. The standard InChI is InChI=1S/C25H33N5/c1-13-9-10-16-18(20(13)24(3,4)5)17(28-27-16)12-15-11-14(2)21(25(6,7)8)19-22(15)29-30-23(19)26/h9-11H,12H2,1-8H3,(H,27,28)(H3,26,29,30). The summed E-state index contributed by atoms with van der Waals surface area (Å²) in [5, 5.41) is 17.8. The van der Waals surface area contributed by atoms with Crippen LogP contribution in [-0.4, -0.2) is 20.4 Å². The van der Waals surface area contributed by atoms with Gasteiger partial charge in [-0.1, -0.05) is 53.7 Å². The average molecular weight is 404 g/mol. The normalized spacial score (nSPS) is 12.9. The van der Waals surface area contributed by atoms with Crippen LogP contribution in [0.4, 0.5) is 5.82 Å². The number of aromatic amines is 2. The minimum Gasteiger partial charge on any atom is -0.382 e. The van der Waals surface area contributed by atoms with Crippen molar-refractivity contribution in [2.45, 2.75) is 72.6 Å². The van der Waals surface area contributed by atoms with Gasteiger partial charge in [-0.15, -0.1) is 0 Å². The van der Waals surface area contributed by atoms with E-state index in [9.17, 15) is 0 Å². The number of hydrogen-bond donors (Lipinski definition) is 3. The molecule has 4 N–H and O–H groups in total. The van der Waals surface area contributed by atoms with Crippen molar-refractivity contribution in [1.82, 2.24) is 20.4 Å². The van der Waals surface area contributed by atoms with Crippen LogP contribution in [0.1, 0.15) is 75.1 Å². The molecule has 158 valence electrons. The topological polar surface area (TPSA) is 83.4 Å². The van der Waals surface area contributed by atoms with Gasteiger partial charge in [-0.25, -0.2) is 0 Å². The van der Waals surface area contributed by atoms with Crippen LogP contribution in [0.25, 0.3) is 21.8 Å². The predicted octanol–water partition coefficient (Wildman–Crippen LogP) is 5.82. The molecule has 0 saturated carbocycles. The molecule has 2 aromatic carbocycles. The van der Waals surface area contributed by atoms with Crippen molar-refractivity contribution in [3.63, 3.8) is 0 Å². The van der Waals surface area contributed by atoms with E-state index in [2.05, 4.69) is 94.0 Å². The summed E-state index contributed by atoms with van der Waals surface area (Å²) in [4.78, 5) is 0. The maximum Gasteiger partial charge on any atom is 0.153 e. The first-order valence-electron chi connectivity index (χ1n) is 10.6. The Morgan fingerprint density at radius 2 is 1.47 bits per heavy atom. The van der Waals surface area contributed by atoms with E-state index in [1.165, 1.54) is 33.2 Å². The smallest absolute Gasteiger partial charge is 0.153 e. The Bertz CT molecular complexity index is 1260. The molecule has 0 amide bonds. The molecule has 0 spiro atoms. The van der Waals surface area contributed by atoms with Gasteiger partial charge >= 0.3 is 0 Å². The molecule has 0 bridgehead atoms. The zero-order valence-corrected chi connectivity index (χ0v) is 19.4. The van der Waals surface area contributed by atoms with E-state index < -0.39 is 0 Å². The van der Waals surface area contributed by atoms with Crippen LogP contribution in [-0.2, 0) is 17.3 Å². The Kier molecular flexibility index (Phi) is 4.49. The minimum absolute atomic E-state index is 0.0178. The number of anilines is 1. The zero-order valence-electron chi connectivity index (χ0n) is 19.4. The number of H-pyrrole nitrogens is 2. The second kappa shape index (κ2) is 6.59. The molecule has 5 nitrogen and oxygen atoms in total. The fourth-order valence-corrected chi connectivity index (χ4v) is 5.11. The van der Waals surface area contributed by atoms with Gasteiger partial charge in [0.05, 0.1) is 11.0 Å². The number of rotatable bonds is 2. The summed E-state index contributed by atoms with van der Waals surface area (Å²) in [7, 11) is 0. The fraction of sp³-hybridized carbons (Fsp3) is 0.440. The number of nitrogen functional groups attached to an aromatic ring is 1. The highest BCUT2D eigenvalue weighted by atomic mass is 15.2. The van der Waals surface area contributed by atoms with Crippen LogP contribution >= 0.6 is 0 Å². The number of fused-ring (bicyclic) bond motifs is 2. The second-order valence-corrected chi connectivity index (χ2v) is 10.6. The zero-order chi connectivity index (χ0) is 22.0. The lowest BCUT2D eigenvalue weighted by molar-refractivity contribution is 0.591. The SMILES string of the molecule is Cc1ccc2n[nH]c(Cc3cc(C)c(C(C)(C)C)c4c(N)n[nH]c34)c2c1C(C)(C)C. The van der Waals surface area contributed by atoms with Crippen molar-refractivity contribution in [1.29, 1.82) is 0 Å². The van der Waals surface area contributed by atoms with E-state index in [0.717, 1.165) is 28.5 Å². The number of hydrogen-bond acceptors (Lipinski definition) is 3. The maximum atomic E-state index is 6.31. The van der Waals surface area contributed by atoms with Crippen LogP contribution in [0.2, 0.25) is 0 Å². The highest BCUT2D eigenvalue weighted by molar-refractivity contribution is 5.96. The van der Waals surface area contributed by atoms with Gasteiger partial charge in [-0.2, -0.15) is 10.2 Å². The molecule has 0 radical (unpaired) electrons. The molecule has 0 atom stereocenters. The molecule has 5 heteroatoms. The Morgan fingerprint density at radius 3 is 2.10 bits per heavy atom. The Hall–Kier alpha value is -2.82. The van der Waals surface area contributed by atoms with Crippen molar-refractivity contribution in [3.8, 4) is 0 Å². The molecule has 0 unspecified atom stereocenters. The van der Waals surface area contributed by atoms with E-state index in [4.69, 9.17) is 5.73 Å². The first-order valence-corrected chi connectivity index (χ1v) is 10.6. The summed E-state index contributed by atoms with van der Waals surface area (Å²) in [5.41, 5.74) is 15.8. The molecule has 4 rings (SSSR count). The highest BCUT2D eigenvalue weighted by Gasteiger charge is 2.26. The van der Waals surface area contributed by atoms with Gasteiger partial charge in [-0.05, 0) is 58.6 Å². The molecule has 2 heterocycles.